The first-order valence-corrected chi connectivity index (χ1v) is 9.43. The van der Waals surface area contributed by atoms with Gasteiger partial charge in [0.05, 0.1) is 12.7 Å². The molecule has 0 bridgehead atoms. The molecule has 0 unspecified atom stereocenters. The highest BCUT2D eigenvalue weighted by Crippen LogP contribution is 2.25. The van der Waals surface area contributed by atoms with Crippen molar-refractivity contribution in [3.05, 3.63) is 71.5 Å². The zero-order valence-electron chi connectivity index (χ0n) is 17.4. The monoisotopic (exact) mass is 390 g/mol. The van der Waals surface area contributed by atoms with E-state index in [1.807, 2.05) is 31.2 Å². The highest BCUT2D eigenvalue weighted by Gasteiger charge is 2.13. The molecule has 2 N–H and O–H groups in total. The van der Waals surface area contributed by atoms with Gasteiger partial charge in [0.2, 0.25) is 0 Å². The van der Waals surface area contributed by atoms with E-state index in [-0.39, 0.29) is 11.4 Å². The highest BCUT2D eigenvalue weighted by molar-refractivity contribution is 5.90. The van der Waals surface area contributed by atoms with Crippen LogP contribution in [-0.4, -0.2) is 23.0 Å². The summed E-state index contributed by atoms with van der Waals surface area (Å²) in [6.07, 6.45) is 0. The van der Waals surface area contributed by atoms with Crippen LogP contribution in [0.2, 0.25) is 0 Å². The van der Waals surface area contributed by atoms with Crippen molar-refractivity contribution >= 4 is 29.0 Å². The summed E-state index contributed by atoms with van der Waals surface area (Å²) < 4.78 is 4.77. The summed E-state index contributed by atoms with van der Waals surface area (Å²) in [5.74, 6) is 1.57. The molecule has 0 saturated carbocycles. The van der Waals surface area contributed by atoms with Crippen LogP contribution in [0.4, 0.5) is 23.0 Å². The van der Waals surface area contributed by atoms with Gasteiger partial charge in [0.15, 0.2) is 0 Å². The van der Waals surface area contributed by atoms with Gasteiger partial charge in [0, 0.05) is 17.4 Å². The van der Waals surface area contributed by atoms with Crippen molar-refractivity contribution in [2.75, 3.05) is 17.7 Å². The van der Waals surface area contributed by atoms with E-state index in [1.165, 1.54) is 12.7 Å². The fraction of sp³-hybridized carbons (Fsp3) is 0.261. The Morgan fingerprint density at radius 3 is 2.10 bits per heavy atom. The maximum atomic E-state index is 11.7. The van der Waals surface area contributed by atoms with E-state index in [0.29, 0.717) is 23.0 Å². The van der Waals surface area contributed by atoms with Crippen molar-refractivity contribution in [2.24, 2.45) is 0 Å². The molecular formula is C23H26N4O2. The number of anilines is 4. The molecule has 1 aromatic heterocycles. The van der Waals surface area contributed by atoms with Gasteiger partial charge in [-0.15, -0.1) is 0 Å². The second kappa shape index (κ2) is 8.31. The van der Waals surface area contributed by atoms with Crippen molar-refractivity contribution in [2.45, 2.75) is 33.1 Å². The standard InChI is InChI=1S/C23H26N4O2/c1-15-24-20(26-18-11-9-17(10-12-18)23(2,3)4)14-21(25-15)27-19-8-6-7-16(13-19)22(28)29-5/h6-14H,1-5H3,(H2,24,25,26,27). The lowest BCUT2D eigenvalue weighted by Gasteiger charge is -2.19. The van der Waals surface area contributed by atoms with Crippen molar-refractivity contribution in [3.8, 4) is 0 Å². The van der Waals surface area contributed by atoms with Crippen molar-refractivity contribution in [1.82, 2.24) is 9.97 Å². The van der Waals surface area contributed by atoms with E-state index in [2.05, 4.69) is 53.5 Å². The van der Waals surface area contributed by atoms with Crippen LogP contribution in [0.3, 0.4) is 0 Å². The summed E-state index contributed by atoms with van der Waals surface area (Å²) in [4.78, 5) is 20.6. The maximum Gasteiger partial charge on any atom is 0.337 e. The summed E-state index contributed by atoms with van der Waals surface area (Å²) in [6.45, 7) is 8.41. The third-order valence-electron chi connectivity index (χ3n) is 4.42. The average molecular weight is 390 g/mol. The van der Waals surface area contributed by atoms with Gasteiger partial charge in [-0.05, 0) is 48.2 Å². The number of esters is 1. The Bertz CT molecular complexity index is 1010. The molecule has 0 atom stereocenters. The molecule has 29 heavy (non-hydrogen) atoms. The molecule has 0 radical (unpaired) electrons. The lowest BCUT2D eigenvalue weighted by atomic mass is 9.87. The Balaban J connectivity index is 1.79. The second-order valence-corrected chi connectivity index (χ2v) is 7.84. The molecule has 150 valence electrons. The Labute approximate surface area is 171 Å². The number of nitrogens with zero attached hydrogens (tertiary/aromatic N) is 2. The van der Waals surface area contributed by atoms with E-state index in [0.717, 1.165) is 11.4 Å². The maximum absolute atomic E-state index is 11.7. The lowest BCUT2D eigenvalue weighted by Crippen LogP contribution is -2.10. The van der Waals surface area contributed by atoms with E-state index in [4.69, 9.17) is 4.74 Å². The Hall–Kier alpha value is -3.41. The summed E-state index contributed by atoms with van der Waals surface area (Å²) in [7, 11) is 1.36. The number of rotatable bonds is 5. The van der Waals surface area contributed by atoms with Gasteiger partial charge in [0.1, 0.15) is 17.5 Å². The molecule has 0 spiro atoms. The Morgan fingerprint density at radius 1 is 0.897 bits per heavy atom. The first kappa shape index (κ1) is 20.3. The zero-order chi connectivity index (χ0) is 21.0. The van der Waals surface area contributed by atoms with E-state index in [1.54, 1.807) is 18.2 Å². The molecule has 1 heterocycles. The van der Waals surface area contributed by atoms with Gasteiger partial charge < -0.3 is 15.4 Å². The van der Waals surface area contributed by atoms with Crippen LogP contribution in [0, 0.1) is 6.92 Å². The Morgan fingerprint density at radius 2 is 1.52 bits per heavy atom. The number of nitrogens with one attached hydrogen (secondary N) is 2. The molecule has 0 fully saturated rings. The van der Waals surface area contributed by atoms with Gasteiger partial charge in [-0.1, -0.05) is 39.0 Å². The molecule has 0 aliphatic heterocycles. The van der Waals surface area contributed by atoms with E-state index in [9.17, 15) is 4.79 Å². The van der Waals surface area contributed by atoms with Crippen LogP contribution in [0.5, 0.6) is 0 Å². The largest absolute Gasteiger partial charge is 0.465 e. The number of carbonyl (C=O) groups excluding carboxylic acids is 1. The fourth-order valence-corrected chi connectivity index (χ4v) is 2.89. The number of hydrogen-bond acceptors (Lipinski definition) is 6. The average Bonchev–Trinajstić information content (AvgIpc) is 2.67. The van der Waals surface area contributed by atoms with Crippen molar-refractivity contribution < 1.29 is 9.53 Å². The fourth-order valence-electron chi connectivity index (χ4n) is 2.89. The normalized spacial score (nSPS) is 11.1. The molecule has 6 nitrogen and oxygen atoms in total. The molecular weight excluding hydrogens is 364 g/mol. The topological polar surface area (TPSA) is 76.1 Å². The van der Waals surface area contributed by atoms with Gasteiger partial charge in [0.25, 0.3) is 0 Å². The van der Waals surface area contributed by atoms with E-state index < -0.39 is 0 Å². The van der Waals surface area contributed by atoms with Gasteiger partial charge in [-0.2, -0.15) is 0 Å². The first-order valence-electron chi connectivity index (χ1n) is 9.43. The van der Waals surface area contributed by atoms with E-state index >= 15 is 0 Å². The quantitative estimate of drug-likeness (QED) is 0.572. The minimum Gasteiger partial charge on any atom is -0.465 e. The van der Waals surface area contributed by atoms with Crippen LogP contribution >= 0.6 is 0 Å². The van der Waals surface area contributed by atoms with Crippen molar-refractivity contribution in [3.63, 3.8) is 0 Å². The molecule has 0 aliphatic carbocycles. The van der Waals surface area contributed by atoms with Gasteiger partial charge in [-0.3, -0.25) is 0 Å². The van der Waals surface area contributed by atoms with Crippen LogP contribution in [0.15, 0.2) is 54.6 Å². The Kier molecular flexibility index (Phi) is 5.82. The molecule has 3 aromatic rings. The number of aryl methyl sites for hydroxylation is 1. The summed E-state index contributed by atoms with van der Waals surface area (Å²) in [5, 5.41) is 6.54. The zero-order valence-corrected chi connectivity index (χ0v) is 17.4. The van der Waals surface area contributed by atoms with Crippen molar-refractivity contribution in [1.29, 1.82) is 0 Å². The van der Waals surface area contributed by atoms with Crippen LogP contribution in [0.25, 0.3) is 0 Å². The number of aromatic nitrogens is 2. The van der Waals surface area contributed by atoms with Crippen LogP contribution < -0.4 is 10.6 Å². The molecule has 0 amide bonds. The number of benzene rings is 2. The summed E-state index contributed by atoms with van der Waals surface area (Å²) >= 11 is 0. The molecule has 0 saturated heterocycles. The SMILES string of the molecule is COC(=O)c1cccc(Nc2cc(Nc3ccc(C(C)(C)C)cc3)nc(C)n2)c1. The number of methoxy groups -OCH3 is 1. The lowest BCUT2D eigenvalue weighted by molar-refractivity contribution is 0.0601. The molecule has 0 aliphatic rings. The number of carbonyl (C=O) groups is 1. The summed E-state index contributed by atoms with van der Waals surface area (Å²) in [6, 6.07) is 17.2. The predicted molar refractivity (Wildman–Crippen MR) is 116 cm³/mol. The third kappa shape index (κ3) is 5.31. The minimum absolute atomic E-state index is 0.111. The van der Waals surface area contributed by atoms with Gasteiger partial charge >= 0.3 is 5.97 Å². The predicted octanol–water partition coefficient (Wildman–Crippen LogP) is 5.36. The number of hydrogen-bond donors (Lipinski definition) is 2. The molecule has 3 rings (SSSR count). The smallest absolute Gasteiger partial charge is 0.337 e. The minimum atomic E-state index is -0.381. The van der Waals surface area contributed by atoms with Crippen LogP contribution in [-0.2, 0) is 10.2 Å². The highest BCUT2D eigenvalue weighted by atomic mass is 16.5. The number of ether oxygens (including phenoxy) is 1. The van der Waals surface area contributed by atoms with Crippen LogP contribution in [0.1, 0.15) is 42.5 Å². The first-order chi connectivity index (χ1) is 13.7. The molecule has 6 heteroatoms. The summed E-state index contributed by atoms with van der Waals surface area (Å²) in [5.41, 5.74) is 3.55. The second-order valence-electron chi connectivity index (χ2n) is 7.84. The third-order valence-corrected chi connectivity index (χ3v) is 4.42. The molecule has 2 aromatic carbocycles. The van der Waals surface area contributed by atoms with Gasteiger partial charge in [-0.25, -0.2) is 14.8 Å².